The normalized spacial score (nSPS) is 10.2. The van der Waals surface area contributed by atoms with Crippen molar-refractivity contribution in [3.8, 4) is 5.75 Å². The van der Waals surface area contributed by atoms with E-state index in [0.717, 1.165) is 29.1 Å². The van der Waals surface area contributed by atoms with Crippen molar-refractivity contribution in [1.29, 1.82) is 0 Å². The van der Waals surface area contributed by atoms with Crippen LogP contribution < -0.4 is 10.1 Å². The molecule has 0 saturated carbocycles. The van der Waals surface area contributed by atoms with Gasteiger partial charge in [0.05, 0.1) is 12.7 Å². The van der Waals surface area contributed by atoms with Crippen LogP contribution in [0.4, 0.5) is 5.69 Å². The number of anilines is 1. The number of benzene rings is 3. The summed E-state index contributed by atoms with van der Waals surface area (Å²) in [5.41, 5.74) is 3.66. The Labute approximate surface area is 153 Å². The number of hydrogen-bond acceptors (Lipinski definition) is 4. The van der Waals surface area contributed by atoms with Crippen LogP contribution in [0.2, 0.25) is 0 Å². The van der Waals surface area contributed by atoms with E-state index < -0.39 is 0 Å². The van der Waals surface area contributed by atoms with E-state index in [2.05, 4.69) is 11.4 Å². The SMILES string of the molecule is COC(=O)c1cccc(COc2cccc(CNc3ccccc3)c2)c1. The molecule has 0 spiro atoms. The quantitative estimate of drug-likeness (QED) is 0.631. The van der Waals surface area contributed by atoms with Gasteiger partial charge in [0.1, 0.15) is 12.4 Å². The van der Waals surface area contributed by atoms with Gasteiger partial charge in [-0.15, -0.1) is 0 Å². The maximum absolute atomic E-state index is 11.6. The van der Waals surface area contributed by atoms with E-state index in [9.17, 15) is 4.79 Å². The Hall–Kier alpha value is -3.27. The number of carbonyl (C=O) groups is 1. The maximum atomic E-state index is 11.6. The predicted molar refractivity (Wildman–Crippen MR) is 102 cm³/mol. The van der Waals surface area contributed by atoms with Crippen molar-refractivity contribution >= 4 is 11.7 Å². The van der Waals surface area contributed by atoms with Crippen molar-refractivity contribution in [3.05, 3.63) is 95.6 Å². The number of para-hydroxylation sites is 1. The standard InChI is InChI=1S/C22H21NO3/c1-25-22(24)19-9-5-8-18(13-19)16-26-21-12-6-7-17(14-21)15-23-20-10-3-2-4-11-20/h2-14,23H,15-16H2,1H3. The fourth-order valence-electron chi connectivity index (χ4n) is 2.58. The van der Waals surface area contributed by atoms with Crippen molar-refractivity contribution in [2.45, 2.75) is 13.2 Å². The lowest BCUT2D eigenvalue weighted by Crippen LogP contribution is -2.03. The Morgan fingerprint density at radius 3 is 2.46 bits per heavy atom. The largest absolute Gasteiger partial charge is 0.489 e. The summed E-state index contributed by atoms with van der Waals surface area (Å²) >= 11 is 0. The summed E-state index contributed by atoms with van der Waals surface area (Å²) in [6.07, 6.45) is 0. The van der Waals surface area contributed by atoms with Crippen LogP contribution in [0.1, 0.15) is 21.5 Å². The molecule has 0 saturated heterocycles. The summed E-state index contributed by atoms with van der Waals surface area (Å²) < 4.78 is 10.6. The van der Waals surface area contributed by atoms with Crippen LogP contribution in [0.25, 0.3) is 0 Å². The van der Waals surface area contributed by atoms with E-state index in [-0.39, 0.29) is 5.97 Å². The zero-order valence-electron chi connectivity index (χ0n) is 14.6. The highest BCUT2D eigenvalue weighted by molar-refractivity contribution is 5.89. The van der Waals surface area contributed by atoms with Crippen molar-refractivity contribution in [3.63, 3.8) is 0 Å². The number of hydrogen-bond donors (Lipinski definition) is 1. The van der Waals surface area contributed by atoms with Gasteiger partial charge in [-0.25, -0.2) is 4.79 Å². The Balaban J connectivity index is 1.59. The number of nitrogens with one attached hydrogen (secondary N) is 1. The van der Waals surface area contributed by atoms with Gasteiger partial charge >= 0.3 is 5.97 Å². The molecule has 0 aliphatic rings. The molecular formula is C22H21NO3. The maximum Gasteiger partial charge on any atom is 0.337 e. The average Bonchev–Trinajstić information content (AvgIpc) is 2.71. The summed E-state index contributed by atoms with van der Waals surface area (Å²) in [7, 11) is 1.38. The molecule has 0 aliphatic carbocycles. The highest BCUT2D eigenvalue weighted by Gasteiger charge is 2.06. The first-order valence-corrected chi connectivity index (χ1v) is 8.42. The fraction of sp³-hybridized carbons (Fsp3) is 0.136. The molecule has 0 unspecified atom stereocenters. The molecule has 0 aliphatic heterocycles. The molecule has 0 fully saturated rings. The third-order valence-electron chi connectivity index (χ3n) is 3.92. The van der Waals surface area contributed by atoms with Gasteiger partial charge in [-0.3, -0.25) is 0 Å². The third-order valence-corrected chi connectivity index (χ3v) is 3.92. The Bertz CT molecular complexity index is 862. The molecule has 0 heterocycles. The lowest BCUT2D eigenvalue weighted by molar-refractivity contribution is 0.0600. The summed E-state index contributed by atoms with van der Waals surface area (Å²) in [4.78, 5) is 11.6. The summed E-state index contributed by atoms with van der Waals surface area (Å²) in [5.74, 6) is 0.446. The monoisotopic (exact) mass is 347 g/mol. The van der Waals surface area contributed by atoms with Crippen molar-refractivity contribution < 1.29 is 14.3 Å². The molecule has 1 N–H and O–H groups in total. The second-order valence-electron chi connectivity index (χ2n) is 5.85. The summed E-state index contributed by atoms with van der Waals surface area (Å²) in [6, 6.07) is 25.3. The number of esters is 1. The summed E-state index contributed by atoms with van der Waals surface area (Å²) in [6.45, 7) is 1.11. The number of rotatable bonds is 7. The first kappa shape index (κ1) is 17.5. The van der Waals surface area contributed by atoms with Crippen molar-refractivity contribution in [2.75, 3.05) is 12.4 Å². The molecule has 3 rings (SSSR count). The van der Waals surface area contributed by atoms with E-state index in [1.54, 1.807) is 12.1 Å². The summed E-state index contributed by atoms with van der Waals surface area (Å²) in [5, 5.41) is 3.38. The topological polar surface area (TPSA) is 47.6 Å². The highest BCUT2D eigenvalue weighted by Crippen LogP contribution is 2.17. The lowest BCUT2D eigenvalue weighted by atomic mass is 10.1. The third kappa shape index (κ3) is 4.86. The van der Waals surface area contributed by atoms with E-state index in [1.807, 2.05) is 60.7 Å². The van der Waals surface area contributed by atoms with Crippen LogP contribution >= 0.6 is 0 Å². The Morgan fingerprint density at radius 2 is 1.65 bits per heavy atom. The molecule has 0 radical (unpaired) electrons. The number of methoxy groups -OCH3 is 1. The van der Waals surface area contributed by atoms with Gasteiger partial charge in [0.2, 0.25) is 0 Å². The first-order valence-electron chi connectivity index (χ1n) is 8.42. The van der Waals surface area contributed by atoms with Crippen molar-refractivity contribution in [1.82, 2.24) is 0 Å². The van der Waals surface area contributed by atoms with E-state index in [1.165, 1.54) is 7.11 Å². The molecule has 3 aromatic carbocycles. The van der Waals surface area contributed by atoms with Crippen LogP contribution in [-0.4, -0.2) is 13.1 Å². The van der Waals surface area contributed by atoms with Gasteiger partial charge in [-0.2, -0.15) is 0 Å². The molecule has 0 aromatic heterocycles. The highest BCUT2D eigenvalue weighted by atomic mass is 16.5. The van der Waals surface area contributed by atoms with Gasteiger partial charge in [0.25, 0.3) is 0 Å². The van der Waals surface area contributed by atoms with Gasteiger partial charge in [-0.1, -0.05) is 42.5 Å². The van der Waals surface area contributed by atoms with Gasteiger partial charge in [-0.05, 0) is 47.5 Å². The molecule has 0 bridgehead atoms. The van der Waals surface area contributed by atoms with Crippen molar-refractivity contribution in [2.24, 2.45) is 0 Å². The fourth-order valence-corrected chi connectivity index (χ4v) is 2.58. The first-order chi connectivity index (χ1) is 12.7. The molecular weight excluding hydrogens is 326 g/mol. The smallest absolute Gasteiger partial charge is 0.337 e. The van der Waals surface area contributed by atoms with Crippen LogP contribution in [0, 0.1) is 0 Å². The molecule has 0 amide bonds. The van der Waals surface area contributed by atoms with Crippen LogP contribution in [-0.2, 0) is 17.9 Å². The molecule has 0 atom stereocenters. The zero-order valence-corrected chi connectivity index (χ0v) is 14.6. The van der Waals surface area contributed by atoms with Crippen LogP contribution in [0.5, 0.6) is 5.75 Å². The number of carbonyl (C=O) groups excluding carboxylic acids is 1. The van der Waals surface area contributed by atoms with Gasteiger partial charge in [0.15, 0.2) is 0 Å². The second-order valence-corrected chi connectivity index (χ2v) is 5.85. The zero-order chi connectivity index (χ0) is 18.2. The predicted octanol–water partition coefficient (Wildman–Crippen LogP) is 4.66. The Morgan fingerprint density at radius 1 is 0.885 bits per heavy atom. The molecule has 26 heavy (non-hydrogen) atoms. The minimum atomic E-state index is -0.346. The minimum Gasteiger partial charge on any atom is -0.489 e. The number of ether oxygens (including phenoxy) is 2. The molecule has 4 heteroatoms. The van der Waals surface area contributed by atoms with Crippen LogP contribution in [0.15, 0.2) is 78.9 Å². The molecule has 3 aromatic rings. The van der Waals surface area contributed by atoms with E-state index in [4.69, 9.17) is 9.47 Å². The van der Waals surface area contributed by atoms with E-state index >= 15 is 0 Å². The molecule has 132 valence electrons. The Kier molecular flexibility index (Phi) is 5.88. The average molecular weight is 347 g/mol. The lowest BCUT2D eigenvalue weighted by Gasteiger charge is -2.10. The second kappa shape index (κ2) is 8.72. The van der Waals surface area contributed by atoms with E-state index in [0.29, 0.717) is 12.2 Å². The van der Waals surface area contributed by atoms with Gasteiger partial charge in [0, 0.05) is 12.2 Å². The van der Waals surface area contributed by atoms with Crippen LogP contribution in [0.3, 0.4) is 0 Å². The minimum absolute atomic E-state index is 0.346. The van der Waals surface area contributed by atoms with Gasteiger partial charge < -0.3 is 14.8 Å². The molecule has 4 nitrogen and oxygen atoms in total.